The van der Waals surface area contributed by atoms with Gasteiger partial charge < -0.3 is 10.2 Å². The van der Waals surface area contributed by atoms with E-state index in [2.05, 4.69) is 16.5 Å². The summed E-state index contributed by atoms with van der Waals surface area (Å²) in [6, 6.07) is 7.04. The molecule has 0 amide bonds. The van der Waals surface area contributed by atoms with E-state index in [0.717, 1.165) is 6.42 Å². The standard InChI is InChI=1S/C15H18Cl2N2O/c1-20-18-8-12-11(7-10-3-5-15(12)19-10)9-2-4-13(16)14(17)6-9/h2,4,6,8,10-12,15,19H,3,5,7H2,1H3/b18-8+/t10-,11+,12+,15+/m0/s1. The van der Waals surface area contributed by atoms with Crippen molar-refractivity contribution in [3.8, 4) is 0 Å². The minimum atomic E-state index is 0.339. The van der Waals surface area contributed by atoms with Crippen LogP contribution in [0.25, 0.3) is 0 Å². The summed E-state index contributed by atoms with van der Waals surface area (Å²) in [7, 11) is 1.58. The molecule has 0 saturated carbocycles. The summed E-state index contributed by atoms with van der Waals surface area (Å²) in [4.78, 5) is 4.87. The van der Waals surface area contributed by atoms with Crippen LogP contribution >= 0.6 is 23.2 Å². The highest BCUT2D eigenvalue weighted by Crippen LogP contribution is 2.42. The van der Waals surface area contributed by atoms with Gasteiger partial charge in [-0.3, -0.25) is 0 Å². The number of piperidine rings is 1. The summed E-state index contributed by atoms with van der Waals surface area (Å²) < 4.78 is 0. The number of halogens is 2. The third kappa shape index (κ3) is 2.67. The van der Waals surface area contributed by atoms with Crippen LogP contribution in [0.15, 0.2) is 23.4 Å². The van der Waals surface area contributed by atoms with Gasteiger partial charge in [0.2, 0.25) is 0 Å². The Morgan fingerprint density at radius 2 is 2.15 bits per heavy atom. The third-order valence-electron chi connectivity index (χ3n) is 4.45. The van der Waals surface area contributed by atoms with Gasteiger partial charge in [0.15, 0.2) is 0 Å². The summed E-state index contributed by atoms with van der Waals surface area (Å²) >= 11 is 12.2. The molecular weight excluding hydrogens is 295 g/mol. The number of benzene rings is 1. The van der Waals surface area contributed by atoms with E-state index >= 15 is 0 Å². The van der Waals surface area contributed by atoms with Crippen molar-refractivity contribution in [3.63, 3.8) is 0 Å². The summed E-state index contributed by atoms with van der Waals surface area (Å²) in [5, 5.41) is 8.90. The quantitative estimate of drug-likeness (QED) is 0.679. The van der Waals surface area contributed by atoms with Crippen molar-refractivity contribution in [3.05, 3.63) is 33.8 Å². The lowest BCUT2D eigenvalue weighted by Crippen LogP contribution is -2.45. The molecule has 1 aromatic rings. The van der Waals surface area contributed by atoms with Gasteiger partial charge in [0.1, 0.15) is 7.11 Å². The smallest absolute Gasteiger partial charge is 0.106 e. The first kappa shape index (κ1) is 14.2. The Balaban J connectivity index is 1.91. The van der Waals surface area contributed by atoms with Crippen LogP contribution in [0.5, 0.6) is 0 Å². The molecule has 2 heterocycles. The van der Waals surface area contributed by atoms with Crippen molar-refractivity contribution in [2.75, 3.05) is 7.11 Å². The molecule has 1 aromatic carbocycles. The minimum absolute atomic E-state index is 0.339. The van der Waals surface area contributed by atoms with Gasteiger partial charge in [-0.25, -0.2) is 0 Å². The van der Waals surface area contributed by atoms with E-state index in [0.29, 0.717) is 34.0 Å². The maximum Gasteiger partial charge on any atom is 0.106 e. The largest absolute Gasteiger partial charge is 0.399 e. The maximum absolute atomic E-state index is 6.17. The normalized spacial score (nSPS) is 32.8. The SMILES string of the molecule is CO/N=C/[C@@H]1[C@@H](c2ccc(Cl)c(Cl)c2)C[C@@H]2CC[C@H]1N2. The second kappa shape index (κ2) is 5.92. The third-order valence-corrected chi connectivity index (χ3v) is 5.19. The molecule has 2 saturated heterocycles. The van der Waals surface area contributed by atoms with Crippen LogP contribution in [0.1, 0.15) is 30.7 Å². The highest BCUT2D eigenvalue weighted by atomic mass is 35.5. The fraction of sp³-hybridized carbons (Fsp3) is 0.533. The Labute approximate surface area is 129 Å². The molecule has 3 rings (SSSR count). The molecule has 2 aliphatic heterocycles. The summed E-state index contributed by atoms with van der Waals surface area (Å²) in [5.74, 6) is 0.758. The van der Waals surface area contributed by atoms with Crippen LogP contribution in [0.2, 0.25) is 10.0 Å². The molecule has 0 radical (unpaired) electrons. The summed E-state index contributed by atoms with van der Waals surface area (Å²) in [6.07, 6.45) is 5.48. The zero-order chi connectivity index (χ0) is 14.1. The first-order valence-electron chi connectivity index (χ1n) is 6.96. The maximum atomic E-state index is 6.17. The predicted octanol–water partition coefficient (Wildman–Crippen LogP) is 3.85. The number of fused-ring (bicyclic) bond motifs is 2. The molecule has 5 heteroatoms. The lowest BCUT2D eigenvalue weighted by Gasteiger charge is -2.35. The molecule has 0 aromatic heterocycles. The molecular formula is C15H18Cl2N2O. The van der Waals surface area contributed by atoms with Gasteiger partial charge >= 0.3 is 0 Å². The topological polar surface area (TPSA) is 33.6 Å². The van der Waals surface area contributed by atoms with Crippen LogP contribution < -0.4 is 5.32 Å². The van der Waals surface area contributed by atoms with E-state index < -0.39 is 0 Å². The molecule has 2 bridgehead atoms. The Hall–Kier alpha value is -0.770. The number of nitrogens with one attached hydrogen (secondary N) is 1. The van der Waals surface area contributed by atoms with Gasteiger partial charge in [-0.2, -0.15) is 0 Å². The van der Waals surface area contributed by atoms with Crippen molar-refractivity contribution in [2.45, 2.75) is 37.3 Å². The summed E-state index contributed by atoms with van der Waals surface area (Å²) in [5.41, 5.74) is 1.24. The van der Waals surface area contributed by atoms with E-state index in [1.807, 2.05) is 18.3 Å². The Morgan fingerprint density at radius 1 is 1.30 bits per heavy atom. The first-order chi connectivity index (χ1) is 9.69. The van der Waals surface area contributed by atoms with Gasteiger partial charge in [0.05, 0.1) is 10.0 Å². The highest BCUT2D eigenvalue weighted by Gasteiger charge is 2.41. The summed E-state index contributed by atoms with van der Waals surface area (Å²) in [6.45, 7) is 0. The van der Waals surface area contributed by atoms with Gasteiger partial charge in [0, 0.05) is 24.2 Å². The molecule has 20 heavy (non-hydrogen) atoms. The molecule has 0 aliphatic carbocycles. The fourth-order valence-corrected chi connectivity index (χ4v) is 3.83. The van der Waals surface area contributed by atoms with Gasteiger partial charge in [-0.05, 0) is 42.9 Å². The monoisotopic (exact) mass is 312 g/mol. The van der Waals surface area contributed by atoms with Crippen molar-refractivity contribution >= 4 is 29.4 Å². The lowest BCUT2D eigenvalue weighted by atomic mass is 9.77. The van der Waals surface area contributed by atoms with E-state index in [4.69, 9.17) is 28.0 Å². The van der Waals surface area contributed by atoms with Crippen molar-refractivity contribution in [1.82, 2.24) is 5.32 Å². The number of hydrogen-bond acceptors (Lipinski definition) is 3. The van der Waals surface area contributed by atoms with Gasteiger partial charge in [0.25, 0.3) is 0 Å². The second-order valence-electron chi connectivity index (χ2n) is 5.58. The first-order valence-corrected chi connectivity index (χ1v) is 7.72. The number of nitrogens with zero attached hydrogens (tertiary/aromatic N) is 1. The van der Waals surface area contributed by atoms with Crippen LogP contribution in [0, 0.1) is 5.92 Å². The Morgan fingerprint density at radius 3 is 2.90 bits per heavy atom. The Kier molecular flexibility index (Phi) is 4.20. The van der Waals surface area contributed by atoms with Crippen LogP contribution in [-0.4, -0.2) is 25.4 Å². The number of hydrogen-bond donors (Lipinski definition) is 1. The van der Waals surface area contributed by atoms with Crippen molar-refractivity contribution in [2.24, 2.45) is 11.1 Å². The van der Waals surface area contributed by atoms with E-state index in [9.17, 15) is 0 Å². The van der Waals surface area contributed by atoms with Gasteiger partial charge in [-0.15, -0.1) is 0 Å². The predicted molar refractivity (Wildman–Crippen MR) is 82.8 cm³/mol. The van der Waals surface area contributed by atoms with Crippen molar-refractivity contribution in [1.29, 1.82) is 0 Å². The zero-order valence-corrected chi connectivity index (χ0v) is 12.9. The fourth-order valence-electron chi connectivity index (χ4n) is 3.52. The van der Waals surface area contributed by atoms with Crippen LogP contribution in [0.3, 0.4) is 0 Å². The molecule has 0 unspecified atom stereocenters. The van der Waals surface area contributed by atoms with E-state index in [-0.39, 0.29) is 0 Å². The lowest BCUT2D eigenvalue weighted by molar-refractivity contribution is 0.209. The molecule has 0 spiro atoms. The zero-order valence-electron chi connectivity index (χ0n) is 11.4. The molecule has 1 N–H and O–H groups in total. The molecule has 4 atom stereocenters. The van der Waals surface area contributed by atoms with Crippen LogP contribution in [-0.2, 0) is 4.84 Å². The molecule has 108 valence electrons. The minimum Gasteiger partial charge on any atom is -0.399 e. The number of rotatable bonds is 3. The average molecular weight is 313 g/mol. The van der Waals surface area contributed by atoms with Gasteiger partial charge in [-0.1, -0.05) is 34.4 Å². The highest BCUT2D eigenvalue weighted by molar-refractivity contribution is 6.42. The van der Waals surface area contributed by atoms with Crippen LogP contribution in [0.4, 0.5) is 0 Å². The average Bonchev–Trinajstić information content (AvgIpc) is 2.83. The number of oxime groups is 1. The van der Waals surface area contributed by atoms with E-state index in [1.54, 1.807) is 7.11 Å². The molecule has 3 nitrogen and oxygen atoms in total. The van der Waals surface area contributed by atoms with Crippen molar-refractivity contribution < 1.29 is 4.84 Å². The Bertz CT molecular complexity index is 521. The second-order valence-corrected chi connectivity index (χ2v) is 6.39. The molecule has 2 fully saturated rings. The van der Waals surface area contributed by atoms with E-state index in [1.165, 1.54) is 18.4 Å². The molecule has 2 aliphatic rings.